The third kappa shape index (κ3) is 4.53. The van der Waals surface area contributed by atoms with Crippen LogP contribution in [0.5, 0.6) is 5.75 Å². The van der Waals surface area contributed by atoms with E-state index in [2.05, 4.69) is 5.32 Å². The predicted octanol–water partition coefficient (Wildman–Crippen LogP) is 4.34. The minimum absolute atomic E-state index is 0.0290. The predicted molar refractivity (Wildman–Crippen MR) is 111 cm³/mol. The van der Waals surface area contributed by atoms with Crippen molar-refractivity contribution >= 4 is 17.5 Å². The molecule has 148 valence electrons. The molecule has 0 bridgehead atoms. The number of anilines is 1. The summed E-state index contributed by atoms with van der Waals surface area (Å²) in [6.45, 7) is 7.24. The van der Waals surface area contributed by atoms with E-state index < -0.39 is 6.10 Å². The molecule has 0 spiro atoms. The van der Waals surface area contributed by atoms with E-state index in [0.717, 1.165) is 43.5 Å². The highest BCUT2D eigenvalue weighted by atomic mass is 16.5. The van der Waals surface area contributed by atoms with Gasteiger partial charge in [0.2, 0.25) is 0 Å². The Kier molecular flexibility index (Phi) is 6.34. The summed E-state index contributed by atoms with van der Waals surface area (Å²) >= 11 is 0. The number of nitrogens with one attached hydrogen (secondary N) is 1. The van der Waals surface area contributed by atoms with E-state index in [1.54, 1.807) is 19.1 Å². The standard InChI is InChI=1S/C23H28N2O3/c1-16-10-9-13-21(17(16)2)28-18(3)22(26)24-20-12-6-5-11-19(20)23(27)25-14-7-4-8-15-25/h5-6,9-13,18H,4,7-8,14-15H2,1-3H3,(H,24,26)/t18-/m0/s1. The number of benzene rings is 2. The van der Waals surface area contributed by atoms with Crippen LogP contribution >= 0.6 is 0 Å². The van der Waals surface area contributed by atoms with Crippen LogP contribution in [0.1, 0.15) is 47.7 Å². The van der Waals surface area contributed by atoms with Gasteiger partial charge in [0.15, 0.2) is 6.10 Å². The summed E-state index contributed by atoms with van der Waals surface area (Å²) in [4.78, 5) is 27.5. The molecule has 1 saturated heterocycles. The van der Waals surface area contributed by atoms with Gasteiger partial charge in [-0.3, -0.25) is 9.59 Å². The van der Waals surface area contributed by atoms with E-state index in [4.69, 9.17) is 4.74 Å². The number of likely N-dealkylation sites (tertiary alicyclic amines) is 1. The summed E-state index contributed by atoms with van der Waals surface area (Å²) in [5.41, 5.74) is 3.18. The average molecular weight is 380 g/mol. The van der Waals surface area contributed by atoms with E-state index in [1.807, 2.05) is 49.1 Å². The zero-order valence-electron chi connectivity index (χ0n) is 16.8. The number of amides is 2. The number of rotatable bonds is 5. The number of piperidine rings is 1. The van der Waals surface area contributed by atoms with Crippen molar-refractivity contribution < 1.29 is 14.3 Å². The van der Waals surface area contributed by atoms with Crippen LogP contribution < -0.4 is 10.1 Å². The van der Waals surface area contributed by atoms with Crippen LogP contribution in [0.15, 0.2) is 42.5 Å². The Morgan fingerprint density at radius 3 is 2.46 bits per heavy atom. The van der Waals surface area contributed by atoms with Gasteiger partial charge in [0, 0.05) is 13.1 Å². The Balaban J connectivity index is 1.71. The smallest absolute Gasteiger partial charge is 0.265 e. The summed E-state index contributed by atoms with van der Waals surface area (Å²) in [6, 6.07) is 13.0. The van der Waals surface area contributed by atoms with E-state index in [0.29, 0.717) is 17.0 Å². The molecule has 1 aliphatic rings. The molecule has 1 fully saturated rings. The van der Waals surface area contributed by atoms with Crippen LogP contribution in [0.25, 0.3) is 0 Å². The minimum Gasteiger partial charge on any atom is -0.481 e. The molecule has 3 rings (SSSR count). The van der Waals surface area contributed by atoms with E-state index in [1.165, 1.54) is 0 Å². The van der Waals surface area contributed by atoms with Crippen molar-refractivity contribution in [3.05, 3.63) is 59.2 Å². The molecular weight excluding hydrogens is 352 g/mol. The first kappa shape index (κ1) is 19.9. The molecule has 1 heterocycles. The fourth-order valence-electron chi connectivity index (χ4n) is 3.38. The lowest BCUT2D eigenvalue weighted by Gasteiger charge is -2.27. The van der Waals surface area contributed by atoms with Gasteiger partial charge < -0.3 is 15.0 Å². The summed E-state index contributed by atoms with van der Waals surface area (Å²) in [6.07, 6.45) is 2.54. The van der Waals surface area contributed by atoms with Gasteiger partial charge in [-0.05, 0) is 69.4 Å². The molecule has 0 aliphatic carbocycles. The topological polar surface area (TPSA) is 58.6 Å². The highest BCUT2D eigenvalue weighted by molar-refractivity contribution is 6.04. The zero-order chi connectivity index (χ0) is 20.1. The second kappa shape index (κ2) is 8.91. The number of nitrogens with zero attached hydrogens (tertiary/aromatic N) is 1. The number of carbonyl (C=O) groups is 2. The lowest BCUT2D eigenvalue weighted by Crippen LogP contribution is -2.36. The van der Waals surface area contributed by atoms with Gasteiger partial charge in [-0.25, -0.2) is 0 Å². The quantitative estimate of drug-likeness (QED) is 0.840. The van der Waals surface area contributed by atoms with E-state index in [9.17, 15) is 9.59 Å². The van der Waals surface area contributed by atoms with Gasteiger partial charge in [-0.15, -0.1) is 0 Å². The summed E-state index contributed by atoms with van der Waals surface area (Å²) < 4.78 is 5.87. The van der Waals surface area contributed by atoms with Crippen molar-refractivity contribution in [1.82, 2.24) is 4.90 Å². The molecule has 1 atom stereocenters. The highest BCUT2D eigenvalue weighted by Crippen LogP contribution is 2.23. The maximum atomic E-state index is 12.9. The molecular formula is C23H28N2O3. The SMILES string of the molecule is Cc1cccc(O[C@@H](C)C(=O)Nc2ccccc2C(=O)N2CCCCC2)c1C. The Morgan fingerprint density at radius 2 is 1.71 bits per heavy atom. The molecule has 1 N–H and O–H groups in total. The number of aryl methyl sites for hydroxylation is 1. The largest absolute Gasteiger partial charge is 0.481 e. The molecule has 0 unspecified atom stereocenters. The summed E-state index contributed by atoms with van der Waals surface area (Å²) in [7, 11) is 0. The summed E-state index contributed by atoms with van der Waals surface area (Å²) in [5, 5.41) is 2.87. The third-order valence-corrected chi connectivity index (χ3v) is 5.29. The fraction of sp³-hybridized carbons (Fsp3) is 0.391. The normalized spacial score (nSPS) is 15.0. The minimum atomic E-state index is -0.682. The third-order valence-electron chi connectivity index (χ3n) is 5.29. The summed E-state index contributed by atoms with van der Waals surface area (Å²) in [5.74, 6) is 0.388. The Hall–Kier alpha value is -2.82. The first-order valence-electron chi connectivity index (χ1n) is 9.89. The molecule has 0 radical (unpaired) electrons. The second-order valence-electron chi connectivity index (χ2n) is 7.35. The number of hydrogen-bond acceptors (Lipinski definition) is 3. The number of ether oxygens (including phenoxy) is 1. The first-order valence-corrected chi connectivity index (χ1v) is 9.89. The van der Waals surface area contributed by atoms with Gasteiger partial charge in [0.05, 0.1) is 11.3 Å². The molecule has 1 aliphatic heterocycles. The first-order chi connectivity index (χ1) is 13.5. The molecule has 5 nitrogen and oxygen atoms in total. The molecule has 2 aromatic rings. The maximum Gasteiger partial charge on any atom is 0.265 e. The van der Waals surface area contributed by atoms with Crippen molar-refractivity contribution in [2.75, 3.05) is 18.4 Å². The highest BCUT2D eigenvalue weighted by Gasteiger charge is 2.23. The van der Waals surface area contributed by atoms with Crippen molar-refractivity contribution in [3.8, 4) is 5.75 Å². The number of para-hydroxylation sites is 1. The average Bonchev–Trinajstić information content (AvgIpc) is 2.72. The number of carbonyl (C=O) groups excluding carboxylic acids is 2. The Bertz CT molecular complexity index is 857. The monoisotopic (exact) mass is 380 g/mol. The van der Waals surface area contributed by atoms with Gasteiger partial charge >= 0.3 is 0 Å². The van der Waals surface area contributed by atoms with Gasteiger partial charge in [-0.1, -0.05) is 24.3 Å². The zero-order valence-corrected chi connectivity index (χ0v) is 16.8. The van der Waals surface area contributed by atoms with Gasteiger partial charge in [0.1, 0.15) is 5.75 Å². The van der Waals surface area contributed by atoms with Crippen LogP contribution in [0.4, 0.5) is 5.69 Å². The van der Waals surface area contributed by atoms with Crippen molar-refractivity contribution in [2.45, 2.75) is 46.1 Å². The van der Waals surface area contributed by atoms with Crippen molar-refractivity contribution in [3.63, 3.8) is 0 Å². The maximum absolute atomic E-state index is 12.9. The van der Waals surface area contributed by atoms with E-state index in [-0.39, 0.29) is 11.8 Å². The van der Waals surface area contributed by atoms with Crippen LogP contribution in [-0.2, 0) is 4.79 Å². The van der Waals surface area contributed by atoms with E-state index >= 15 is 0 Å². The molecule has 0 saturated carbocycles. The lowest BCUT2D eigenvalue weighted by molar-refractivity contribution is -0.122. The van der Waals surface area contributed by atoms with Gasteiger partial charge in [-0.2, -0.15) is 0 Å². The van der Waals surface area contributed by atoms with Crippen LogP contribution in [0.3, 0.4) is 0 Å². The molecule has 2 aromatic carbocycles. The van der Waals surface area contributed by atoms with Crippen LogP contribution in [-0.4, -0.2) is 35.9 Å². The molecule has 5 heteroatoms. The lowest BCUT2D eigenvalue weighted by atomic mass is 10.1. The fourth-order valence-corrected chi connectivity index (χ4v) is 3.38. The van der Waals surface area contributed by atoms with Crippen LogP contribution in [0.2, 0.25) is 0 Å². The van der Waals surface area contributed by atoms with Crippen molar-refractivity contribution in [2.24, 2.45) is 0 Å². The number of hydrogen-bond donors (Lipinski definition) is 1. The molecule has 2 amide bonds. The second-order valence-corrected chi connectivity index (χ2v) is 7.35. The molecule has 28 heavy (non-hydrogen) atoms. The Morgan fingerprint density at radius 1 is 1.00 bits per heavy atom. The van der Waals surface area contributed by atoms with Crippen LogP contribution in [0, 0.1) is 13.8 Å². The Labute approximate surface area is 166 Å². The molecule has 0 aromatic heterocycles. The van der Waals surface area contributed by atoms with Gasteiger partial charge in [0.25, 0.3) is 11.8 Å². The van der Waals surface area contributed by atoms with Crippen molar-refractivity contribution in [1.29, 1.82) is 0 Å².